The van der Waals surface area contributed by atoms with Crippen molar-refractivity contribution in [2.75, 3.05) is 32.7 Å². The van der Waals surface area contributed by atoms with Gasteiger partial charge in [-0.25, -0.2) is 0 Å². The second kappa shape index (κ2) is 9.51. The van der Waals surface area contributed by atoms with Crippen LogP contribution < -0.4 is 10.2 Å². The summed E-state index contributed by atoms with van der Waals surface area (Å²) in [5, 5.41) is 3.10. The zero-order valence-corrected chi connectivity index (χ0v) is 16.8. The Morgan fingerprint density at radius 3 is 2.29 bits per heavy atom. The molecule has 0 bridgehead atoms. The van der Waals surface area contributed by atoms with Gasteiger partial charge in [-0.3, -0.25) is 9.59 Å². The Morgan fingerprint density at radius 1 is 1.04 bits per heavy atom. The number of carbonyl (C=O) groups excluding carboxylic acids is 2. The number of piperazine rings is 1. The number of quaternary nitrogens is 1. The molecule has 1 fully saturated rings. The molecule has 3 rings (SSSR count). The summed E-state index contributed by atoms with van der Waals surface area (Å²) in [6.45, 7) is 7.57. The van der Waals surface area contributed by atoms with Crippen LogP contribution in [0.4, 0.5) is 0 Å². The van der Waals surface area contributed by atoms with E-state index >= 15 is 0 Å². The zero-order valence-electron chi connectivity index (χ0n) is 16.8. The Balaban J connectivity index is 1.45. The van der Waals surface area contributed by atoms with Gasteiger partial charge in [0.1, 0.15) is 0 Å². The van der Waals surface area contributed by atoms with Gasteiger partial charge in [-0.1, -0.05) is 49.4 Å². The molecule has 28 heavy (non-hydrogen) atoms. The van der Waals surface area contributed by atoms with Crippen molar-refractivity contribution in [3.63, 3.8) is 0 Å². The second-order valence-electron chi connectivity index (χ2n) is 7.47. The van der Waals surface area contributed by atoms with E-state index in [4.69, 9.17) is 0 Å². The zero-order chi connectivity index (χ0) is 19.9. The molecular weight excluding hydrogens is 350 g/mol. The summed E-state index contributed by atoms with van der Waals surface area (Å²) >= 11 is 0. The molecule has 5 heteroatoms. The van der Waals surface area contributed by atoms with Crippen molar-refractivity contribution in [1.29, 1.82) is 0 Å². The van der Waals surface area contributed by atoms with Crippen LogP contribution >= 0.6 is 0 Å². The average Bonchev–Trinajstić information content (AvgIpc) is 2.74. The molecule has 5 nitrogen and oxygen atoms in total. The fourth-order valence-electron chi connectivity index (χ4n) is 3.61. The Kier molecular flexibility index (Phi) is 6.82. The smallest absolute Gasteiger partial charge is 0.275 e. The Labute approximate surface area is 167 Å². The van der Waals surface area contributed by atoms with Gasteiger partial charge < -0.3 is 15.1 Å². The number of benzene rings is 2. The van der Waals surface area contributed by atoms with Crippen molar-refractivity contribution < 1.29 is 14.5 Å². The van der Waals surface area contributed by atoms with E-state index in [1.807, 2.05) is 42.2 Å². The standard InChI is InChI=1S/C23H29N3O2/c1-3-19-9-11-20(12-10-19)18(2)24-22(27)17-25-13-15-26(16-14-25)23(28)21-7-5-4-6-8-21/h4-12,18H,3,13-17H2,1-2H3,(H,24,27)/p+1/t18-/m0/s1. The van der Waals surface area contributed by atoms with Gasteiger partial charge in [0.15, 0.2) is 6.54 Å². The first-order valence-corrected chi connectivity index (χ1v) is 10.1. The minimum atomic E-state index is -0.00115. The largest absolute Gasteiger partial charge is 0.345 e. The highest BCUT2D eigenvalue weighted by molar-refractivity contribution is 5.94. The molecule has 2 aromatic carbocycles. The summed E-state index contributed by atoms with van der Waals surface area (Å²) in [6, 6.07) is 17.8. The van der Waals surface area contributed by atoms with Crippen LogP contribution in [0.25, 0.3) is 0 Å². The van der Waals surface area contributed by atoms with Crippen molar-refractivity contribution >= 4 is 11.8 Å². The number of rotatable bonds is 6. The predicted octanol–water partition coefficient (Wildman–Crippen LogP) is 1.47. The lowest BCUT2D eigenvalue weighted by molar-refractivity contribution is -0.896. The minimum absolute atomic E-state index is 0.00115. The van der Waals surface area contributed by atoms with Gasteiger partial charge in [-0.15, -0.1) is 0 Å². The number of hydrogen-bond acceptors (Lipinski definition) is 2. The van der Waals surface area contributed by atoms with Crippen LogP contribution in [0.15, 0.2) is 54.6 Å². The Bertz CT molecular complexity index is 781. The first-order valence-electron chi connectivity index (χ1n) is 10.1. The van der Waals surface area contributed by atoms with Gasteiger partial charge in [-0.05, 0) is 36.6 Å². The summed E-state index contributed by atoms with van der Waals surface area (Å²) in [5.74, 6) is 0.137. The summed E-state index contributed by atoms with van der Waals surface area (Å²) in [7, 11) is 0. The molecule has 0 unspecified atom stereocenters. The van der Waals surface area contributed by atoms with E-state index in [1.165, 1.54) is 10.5 Å². The third kappa shape index (κ3) is 5.20. The summed E-state index contributed by atoms with van der Waals surface area (Å²) in [5.41, 5.74) is 3.15. The van der Waals surface area contributed by atoms with Gasteiger partial charge in [-0.2, -0.15) is 0 Å². The molecular formula is C23H30N3O2+. The third-order valence-corrected chi connectivity index (χ3v) is 5.45. The highest BCUT2D eigenvalue weighted by atomic mass is 16.2. The number of nitrogens with zero attached hydrogens (tertiary/aromatic N) is 1. The van der Waals surface area contributed by atoms with Crippen molar-refractivity contribution in [2.45, 2.75) is 26.3 Å². The third-order valence-electron chi connectivity index (χ3n) is 5.45. The van der Waals surface area contributed by atoms with Crippen LogP contribution in [-0.4, -0.2) is 49.4 Å². The van der Waals surface area contributed by atoms with Gasteiger partial charge >= 0.3 is 0 Å². The van der Waals surface area contributed by atoms with Crippen LogP contribution in [-0.2, 0) is 11.2 Å². The van der Waals surface area contributed by atoms with E-state index in [-0.39, 0.29) is 17.9 Å². The number of nitrogens with one attached hydrogen (secondary N) is 2. The monoisotopic (exact) mass is 380 g/mol. The van der Waals surface area contributed by atoms with Crippen LogP contribution in [0.5, 0.6) is 0 Å². The fourth-order valence-corrected chi connectivity index (χ4v) is 3.61. The van der Waals surface area contributed by atoms with E-state index in [2.05, 4.69) is 36.5 Å². The van der Waals surface area contributed by atoms with Crippen LogP contribution in [0.3, 0.4) is 0 Å². The molecule has 0 radical (unpaired) electrons. The molecule has 1 heterocycles. The normalized spacial score (nSPS) is 15.9. The van der Waals surface area contributed by atoms with E-state index in [9.17, 15) is 9.59 Å². The van der Waals surface area contributed by atoms with Gasteiger partial charge in [0.05, 0.1) is 32.2 Å². The summed E-state index contributed by atoms with van der Waals surface area (Å²) in [4.78, 5) is 28.1. The van der Waals surface area contributed by atoms with Gasteiger partial charge in [0.25, 0.3) is 11.8 Å². The van der Waals surface area contributed by atoms with Gasteiger partial charge in [0.2, 0.25) is 0 Å². The highest BCUT2D eigenvalue weighted by Gasteiger charge is 2.26. The van der Waals surface area contributed by atoms with E-state index < -0.39 is 0 Å². The topological polar surface area (TPSA) is 53.9 Å². The molecule has 0 spiro atoms. The van der Waals surface area contributed by atoms with E-state index in [0.29, 0.717) is 19.6 Å². The summed E-state index contributed by atoms with van der Waals surface area (Å²) in [6.07, 6.45) is 1.02. The van der Waals surface area contributed by atoms with Crippen LogP contribution in [0, 0.1) is 0 Å². The number of carbonyl (C=O) groups is 2. The number of amides is 2. The number of aryl methyl sites for hydroxylation is 1. The molecule has 2 aromatic rings. The maximum atomic E-state index is 12.5. The quantitative estimate of drug-likeness (QED) is 0.797. The van der Waals surface area contributed by atoms with E-state index in [0.717, 1.165) is 30.6 Å². The highest BCUT2D eigenvalue weighted by Crippen LogP contribution is 2.13. The molecule has 2 amide bonds. The first kappa shape index (κ1) is 20.1. The Morgan fingerprint density at radius 2 is 1.68 bits per heavy atom. The second-order valence-corrected chi connectivity index (χ2v) is 7.47. The lowest BCUT2D eigenvalue weighted by Crippen LogP contribution is -3.15. The SMILES string of the molecule is CCc1ccc([C@H](C)NC(=O)C[NH+]2CCN(C(=O)c3ccccc3)CC2)cc1. The van der Waals surface area contributed by atoms with Crippen molar-refractivity contribution in [2.24, 2.45) is 0 Å². The van der Waals surface area contributed by atoms with E-state index in [1.54, 1.807) is 0 Å². The molecule has 0 aromatic heterocycles. The summed E-state index contributed by atoms with van der Waals surface area (Å²) < 4.78 is 0. The molecule has 0 aliphatic carbocycles. The van der Waals surface area contributed by atoms with Crippen LogP contribution in [0.1, 0.15) is 41.4 Å². The van der Waals surface area contributed by atoms with Crippen molar-refractivity contribution in [3.05, 3.63) is 71.3 Å². The molecule has 1 aliphatic heterocycles. The lowest BCUT2D eigenvalue weighted by Gasteiger charge is -2.32. The molecule has 1 aliphatic rings. The molecule has 1 atom stereocenters. The lowest BCUT2D eigenvalue weighted by atomic mass is 10.0. The maximum Gasteiger partial charge on any atom is 0.275 e. The molecule has 2 N–H and O–H groups in total. The molecule has 1 saturated heterocycles. The number of hydrogen-bond donors (Lipinski definition) is 2. The predicted molar refractivity (Wildman–Crippen MR) is 110 cm³/mol. The molecule has 148 valence electrons. The van der Waals surface area contributed by atoms with Crippen molar-refractivity contribution in [3.8, 4) is 0 Å². The first-order chi connectivity index (χ1) is 13.6. The molecule has 0 saturated carbocycles. The van der Waals surface area contributed by atoms with Crippen LogP contribution in [0.2, 0.25) is 0 Å². The van der Waals surface area contributed by atoms with Crippen molar-refractivity contribution in [1.82, 2.24) is 10.2 Å². The Hall–Kier alpha value is -2.66. The van der Waals surface area contributed by atoms with Gasteiger partial charge in [0, 0.05) is 5.56 Å². The average molecular weight is 381 g/mol. The maximum absolute atomic E-state index is 12.5. The fraction of sp³-hybridized carbons (Fsp3) is 0.391. The minimum Gasteiger partial charge on any atom is -0.345 e.